The molecule has 2 aromatic heterocycles. The predicted molar refractivity (Wildman–Crippen MR) is 229 cm³/mol. The Hall–Kier alpha value is -5.94. The Kier molecular flexibility index (Phi) is 6.82. The largest absolute Gasteiger partial charge is 0.309 e. The summed E-state index contributed by atoms with van der Waals surface area (Å²) in [5.74, 6) is 0. The van der Waals surface area contributed by atoms with Crippen LogP contribution in [0.4, 0.5) is 0 Å². The topological polar surface area (TPSA) is 9.86 Å². The van der Waals surface area contributed by atoms with E-state index in [1.54, 1.807) is 0 Å². The molecule has 0 spiro atoms. The molecule has 250 valence electrons. The Morgan fingerprint density at radius 3 is 1.32 bits per heavy atom. The Labute approximate surface area is 317 Å². The number of fused-ring (bicyclic) bond motifs is 8. The molecule has 0 atom stereocenters. The van der Waals surface area contributed by atoms with Crippen molar-refractivity contribution in [2.75, 3.05) is 0 Å². The van der Waals surface area contributed by atoms with Crippen LogP contribution < -0.4 is 20.7 Å². The molecule has 0 fully saturated rings. The van der Waals surface area contributed by atoms with Crippen molar-refractivity contribution in [3.63, 3.8) is 0 Å². The van der Waals surface area contributed by atoms with Gasteiger partial charge in [-0.05, 0) is 92.9 Å². The Balaban J connectivity index is 1.25. The van der Waals surface area contributed by atoms with Gasteiger partial charge >= 0.3 is 0 Å². The van der Waals surface area contributed by atoms with E-state index in [0.29, 0.717) is 0 Å². The molecule has 3 heterocycles. The molecule has 0 saturated heterocycles. The van der Waals surface area contributed by atoms with Crippen molar-refractivity contribution < 1.29 is 0 Å². The first-order chi connectivity index (χ1) is 26.2. The molecule has 53 heavy (non-hydrogen) atoms. The molecule has 0 N–H and O–H groups in total. The van der Waals surface area contributed by atoms with Gasteiger partial charge in [0, 0.05) is 37.4 Å². The summed E-state index contributed by atoms with van der Waals surface area (Å²) < 4.78 is 6.10. The lowest BCUT2D eigenvalue weighted by Gasteiger charge is -2.41. The number of para-hydroxylation sites is 4. The first-order valence-electron chi connectivity index (χ1n) is 18.3. The highest BCUT2D eigenvalue weighted by molar-refractivity contribution is 9.10. The van der Waals surface area contributed by atoms with Gasteiger partial charge in [-0.15, -0.1) is 0 Å². The second kappa shape index (κ2) is 11.8. The maximum absolute atomic E-state index is 4.05. The number of benzene rings is 8. The third kappa shape index (κ3) is 4.37. The highest BCUT2D eigenvalue weighted by atomic mass is 79.9. The summed E-state index contributed by atoms with van der Waals surface area (Å²) >= 11 is 4.05. The van der Waals surface area contributed by atoms with Gasteiger partial charge in [0.05, 0.1) is 22.1 Å². The SMILES string of the molecule is Brc1cccc2c1Cc1ccccc1[Si]2(c1cccc(-n2c3ccccc3c3ccccc32)c1)c1cccc(-n2c3ccccc3c3ccccc32)c1. The quantitative estimate of drug-likeness (QED) is 0.158. The minimum absolute atomic E-state index is 0.904. The molecule has 11 rings (SSSR count). The lowest BCUT2D eigenvalue weighted by atomic mass is 10.0. The second-order valence-electron chi connectivity index (χ2n) is 14.2. The van der Waals surface area contributed by atoms with E-state index in [9.17, 15) is 0 Å². The van der Waals surface area contributed by atoms with Gasteiger partial charge in [0.15, 0.2) is 8.07 Å². The normalized spacial score (nSPS) is 13.5. The van der Waals surface area contributed by atoms with Crippen molar-refractivity contribution in [3.05, 3.63) is 204 Å². The van der Waals surface area contributed by atoms with Crippen molar-refractivity contribution in [1.82, 2.24) is 9.13 Å². The second-order valence-corrected chi connectivity index (χ2v) is 18.8. The highest BCUT2D eigenvalue weighted by Gasteiger charge is 2.47. The Morgan fingerprint density at radius 1 is 0.396 bits per heavy atom. The van der Waals surface area contributed by atoms with Gasteiger partial charge in [-0.2, -0.15) is 0 Å². The molecular formula is C49H33BrN2Si. The summed E-state index contributed by atoms with van der Waals surface area (Å²) in [4.78, 5) is 0. The first kappa shape index (κ1) is 30.7. The van der Waals surface area contributed by atoms with Crippen LogP contribution >= 0.6 is 15.9 Å². The van der Waals surface area contributed by atoms with Crippen LogP contribution in [0.1, 0.15) is 11.1 Å². The highest BCUT2D eigenvalue weighted by Crippen LogP contribution is 2.34. The summed E-state index contributed by atoms with van der Waals surface area (Å²) in [5, 5.41) is 10.8. The van der Waals surface area contributed by atoms with Crippen LogP contribution in [0, 0.1) is 0 Å². The molecule has 1 aliphatic rings. The number of hydrogen-bond donors (Lipinski definition) is 0. The van der Waals surface area contributed by atoms with Gasteiger partial charge in [-0.3, -0.25) is 0 Å². The van der Waals surface area contributed by atoms with E-state index >= 15 is 0 Å². The summed E-state index contributed by atoms with van der Waals surface area (Å²) in [6.07, 6.45) is 0.904. The van der Waals surface area contributed by atoms with Crippen molar-refractivity contribution in [2.24, 2.45) is 0 Å². The maximum atomic E-state index is 4.05. The van der Waals surface area contributed by atoms with Crippen LogP contribution in [0.5, 0.6) is 0 Å². The monoisotopic (exact) mass is 756 g/mol. The molecule has 0 aliphatic carbocycles. The van der Waals surface area contributed by atoms with E-state index in [1.807, 2.05) is 0 Å². The minimum Gasteiger partial charge on any atom is -0.309 e. The summed E-state index contributed by atoms with van der Waals surface area (Å²) in [5.41, 5.74) is 10.1. The van der Waals surface area contributed by atoms with E-state index in [0.717, 1.165) is 6.42 Å². The average Bonchev–Trinajstić information content (AvgIpc) is 3.74. The molecule has 0 radical (unpaired) electrons. The molecule has 8 aromatic carbocycles. The average molecular weight is 758 g/mol. The molecule has 2 nitrogen and oxygen atoms in total. The number of hydrogen-bond acceptors (Lipinski definition) is 0. The van der Waals surface area contributed by atoms with Crippen molar-refractivity contribution in [3.8, 4) is 11.4 Å². The molecule has 10 aromatic rings. The first-order valence-corrected chi connectivity index (χ1v) is 21.1. The molecule has 1 aliphatic heterocycles. The molecule has 0 saturated carbocycles. The van der Waals surface area contributed by atoms with Crippen LogP contribution in [0.3, 0.4) is 0 Å². The van der Waals surface area contributed by atoms with Crippen LogP contribution in [-0.4, -0.2) is 17.2 Å². The number of rotatable bonds is 4. The van der Waals surface area contributed by atoms with Gasteiger partial charge in [-0.25, -0.2) is 0 Å². The van der Waals surface area contributed by atoms with E-state index < -0.39 is 8.07 Å². The van der Waals surface area contributed by atoms with E-state index in [-0.39, 0.29) is 0 Å². The van der Waals surface area contributed by atoms with Gasteiger partial charge in [0.25, 0.3) is 0 Å². The Bertz CT molecular complexity index is 2810. The summed E-state index contributed by atoms with van der Waals surface area (Å²) in [6.45, 7) is 0. The summed E-state index contributed by atoms with van der Waals surface area (Å²) in [6, 6.07) is 70.3. The van der Waals surface area contributed by atoms with E-state index in [2.05, 4.69) is 213 Å². The van der Waals surface area contributed by atoms with Crippen molar-refractivity contribution in [1.29, 1.82) is 0 Å². The van der Waals surface area contributed by atoms with Gasteiger partial charge in [-0.1, -0.05) is 149 Å². The van der Waals surface area contributed by atoms with Crippen LogP contribution in [0.2, 0.25) is 0 Å². The van der Waals surface area contributed by atoms with Gasteiger partial charge < -0.3 is 9.13 Å². The fourth-order valence-corrected chi connectivity index (χ4v) is 15.4. The molecule has 0 amide bonds. The lowest BCUT2D eigenvalue weighted by Crippen LogP contribution is -2.77. The standard InChI is InChI=1S/C49H33BrN2Si/c50-43-23-13-29-49-42(43)30-33-14-1-10-28-48(33)53(49,36-17-11-15-34(31-36)51-44-24-6-2-19-38(44)39-20-3-7-25-45(39)51)37-18-12-16-35(32-37)52-46-26-8-4-21-40(46)41-22-5-9-27-47(41)52/h1-29,31-32H,30H2. The molecule has 4 heteroatoms. The molecular weight excluding hydrogens is 725 g/mol. The van der Waals surface area contributed by atoms with Crippen LogP contribution in [0.15, 0.2) is 193 Å². The Morgan fingerprint density at radius 2 is 0.811 bits per heavy atom. The zero-order valence-electron chi connectivity index (χ0n) is 28.9. The van der Waals surface area contributed by atoms with Gasteiger partial charge in [0.1, 0.15) is 0 Å². The minimum atomic E-state index is -2.92. The van der Waals surface area contributed by atoms with Gasteiger partial charge in [0.2, 0.25) is 0 Å². The fraction of sp³-hybridized carbons (Fsp3) is 0.0204. The zero-order valence-corrected chi connectivity index (χ0v) is 31.5. The maximum Gasteiger partial charge on any atom is 0.180 e. The lowest BCUT2D eigenvalue weighted by molar-refractivity contribution is 1.18. The predicted octanol–water partition coefficient (Wildman–Crippen LogP) is 9.92. The van der Waals surface area contributed by atoms with E-state index in [4.69, 9.17) is 0 Å². The van der Waals surface area contributed by atoms with Crippen LogP contribution in [-0.2, 0) is 6.42 Å². The fourth-order valence-electron chi connectivity index (χ4n) is 9.41. The number of halogens is 1. The summed E-state index contributed by atoms with van der Waals surface area (Å²) in [7, 11) is -2.92. The van der Waals surface area contributed by atoms with Crippen LogP contribution in [0.25, 0.3) is 55.0 Å². The number of aromatic nitrogens is 2. The molecule has 0 bridgehead atoms. The van der Waals surface area contributed by atoms with Crippen molar-refractivity contribution >= 4 is 88.4 Å². The van der Waals surface area contributed by atoms with Crippen molar-refractivity contribution in [2.45, 2.75) is 6.42 Å². The molecule has 0 unspecified atom stereocenters. The third-order valence-corrected chi connectivity index (χ3v) is 17.2. The zero-order chi connectivity index (χ0) is 35.1. The van der Waals surface area contributed by atoms with E-state index in [1.165, 1.54) is 91.3 Å². The third-order valence-electron chi connectivity index (χ3n) is 11.5. The number of nitrogens with zero attached hydrogens (tertiary/aromatic N) is 2. The smallest absolute Gasteiger partial charge is 0.180 e.